The standard InChI is InChI=1S/C33H45N7O4S/c1-5-44-33(43)36-23(2)26-15-11-14-25(20-26)22-30(42)38-32-40(4)39-31(45-32)17-10-9-16-27(34)18-19-28(35-3)37-29(41)21-24-12-7-6-8-13-24/h6-8,11-15,18-20,23,32,35H,5,9-10,16-17,21-22,34H2,1-4H3,(H,36,43)(H,37,41)(H,38,42)/p+1/b27-18-,28-19+. The van der Waals surface area contributed by atoms with E-state index in [-0.39, 0.29) is 29.8 Å². The summed E-state index contributed by atoms with van der Waals surface area (Å²) in [7, 11) is 3.72. The molecule has 12 heteroatoms. The van der Waals surface area contributed by atoms with E-state index in [1.54, 1.807) is 23.7 Å². The first kappa shape index (κ1) is 35.2. The molecule has 242 valence electrons. The van der Waals surface area contributed by atoms with Crippen LogP contribution in [0.3, 0.4) is 0 Å². The highest BCUT2D eigenvalue weighted by Gasteiger charge is 2.25. The summed E-state index contributed by atoms with van der Waals surface area (Å²) in [4.78, 5) is 36.9. The normalized spacial score (nSPS) is 15.7. The van der Waals surface area contributed by atoms with Crippen LogP contribution in [0.25, 0.3) is 0 Å². The molecule has 1 aliphatic heterocycles. The average Bonchev–Trinajstić information content (AvgIpc) is 3.36. The van der Waals surface area contributed by atoms with Crippen molar-refractivity contribution < 1.29 is 24.4 Å². The Morgan fingerprint density at radius 1 is 1.07 bits per heavy atom. The lowest BCUT2D eigenvalue weighted by molar-refractivity contribution is -0.580. The van der Waals surface area contributed by atoms with Crippen molar-refractivity contribution in [1.29, 1.82) is 0 Å². The first-order valence-electron chi connectivity index (χ1n) is 15.2. The maximum atomic E-state index is 12.8. The van der Waals surface area contributed by atoms with Crippen LogP contribution >= 0.6 is 11.8 Å². The molecule has 3 rings (SSSR count). The van der Waals surface area contributed by atoms with Crippen molar-refractivity contribution in [1.82, 2.24) is 21.0 Å². The molecule has 2 aromatic rings. The highest BCUT2D eigenvalue weighted by Crippen LogP contribution is 2.26. The van der Waals surface area contributed by atoms with Crippen LogP contribution in [0, 0.1) is 0 Å². The van der Waals surface area contributed by atoms with Gasteiger partial charge in [-0.05, 0) is 62.3 Å². The Hall–Kier alpha value is -4.29. The van der Waals surface area contributed by atoms with E-state index in [0.29, 0.717) is 18.8 Å². The number of carbonyl (C=O) groups is 3. The quantitative estimate of drug-likeness (QED) is 0.140. The molecule has 0 radical (unpaired) electrons. The topological polar surface area (TPSA) is 155 Å². The number of quaternary nitrogens is 1. The maximum Gasteiger partial charge on any atom is 0.407 e. The second-order valence-electron chi connectivity index (χ2n) is 10.7. The number of hydrogen-bond donors (Lipinski definition) is 5. The van der Waals surface area contributed by atoms with E-state index in [2.05, 4.69) is 21.1 Å². The van der Waals surface area contributed by atoms with E-state index in [9.17, 15) is 14.4 Å². The van der Waals surface area contributed by atoms with Crippen LogP contribution in [-0.2, 0) is 27.2 Å². The molecular weight excluding hydrogens is 590 g/mol. The number of unbranched alkanes of at least 4 members (excludes halogenated alkanes) is 1. The van der Waals surface area contributed by atoms with Crippen molar-refractivity contribution in [3.8, 4) is 0 Å². The largest absolute Gasteiger partial charge is 0.450 e. The number of alkyl carbamates (subject to hydrolysis) is 1. The number of nitrogens with two attached hydrogens (primary N) is 2. The summed E-state index contributed by atoms with van der Waals surface area (Å²) in [5.41, 5.74) is 9.41. The van der Waals surface area contributed by atoms with E-state index in [1.165, 1.54) is 0 Å². The highest BCUT2D eigenvalue weighted by molar-refractivity contribution is 8.14. The molecule has 0 saturated heterocycles. The minimum absolute atomic E-state index is 0.0731. The Bertz CT molecular complexity index is 1380. The van der Waals surface area contributed by atoms with Crippen LogP contribution in [0.5, 0.6) is 0 Å². The number of hydrogen-bond acceptors (Lipinski definition) is 8. The van der Waals surface area contributed by atoms with Gasteiger partial charge in [0, 0.05) is 18.8 Å². The Morgan fingerprint density at radius 2 is 1.80 bits per heavy atom. The number of carbonyl (C=O) groups excluding carboxylic acids is 3. The molecule has 1 aliphatic rings. The van der Waals surface area contributed by atoms with E-state index >= 15 is 0 Å². The Labute approximate surface area is 270 Å². The van der Waals surface area contributed by atoms with Gasteiger partial charge in [0.25, 0.3) is 0 Å². The molecule has 2 atom stereocenters. The van der Waals surface area contributed by atoms with Crippen LogP contribution in [0.1, 0.15) is 62.3 Å². The van der Waals surface area contributed by atoms with Crippen LogP contribution in [0.2, 0.25) is 0 Å². The van der Waals surface area contributed by atoms with Gasteiger partial charge >= 0.3 is 6.09 Å². The van der Waals surface area contributed by atoms with Crippen LogP contribution < -0.4 is 27.0 Å². The fourth-order valence-corrected chi connectivity index (χ4v) is 5.64. The fraction of sp³-hybridized carbons (Fsp3) is 0.394. The van der Waals surface area contributed by atoms with Crippen molar-refractivity contribution >= 4 is 34.7 Å². The number of benzene rings is 2. The molecular formula is C33H46N7O4S+. The lowest BCUT2D eigenvalue weighted by Crippen LogP contribution is -2.80. The number of ether oxygens (including phenoxy) is 1. The molecule has 3 amide bonds. The van der Waals surface area contributed by atoms with Gasteiger partial charge in [-0.2, -0.15) is 5.10 Å². The molecule has 45 heavy (non-hydrogen) atoms. The molecule has 0 bridgehead atoms. The van der Waals surface area contributed by atoms with Gasteiger partial charge in [-0.15, -0.1) is 0 Å². The molecule has 11 nitrogen and oxygen atoms in total. The molecule has 0 spiro atoms. The molecule has 0 aromatic heterocycles. The zero-order valence-corrected chi connectivity index (χ0v) is 27.4. The first-order valence-corrected chi connectivity index (χ1v) is 16.1. The number of nitrogens with one attached hydrogen (secondary N) is 3. The summed E-state index contributed by atoms with van der Waals surface area (Å²) in [5, 5.41) is 17.9. The number of hydrazone groups is 1. The fourth-order valence-electron chi connectivity index (χ4n) is 4.55. The predicted molar refractivity (Wildman–Crippen MR) is 178 cm³/mol. The summed E-state index contributed by atoms with van der Waals surface area (Å²) in [5.74, 6) is 0.529. The van der Waals surface area contributed by atoms with Crippen molar-refractivity contribution in [2.45, 2.75) is 63.9 Å². The molecule has 0 saturated carbocycles. The second-order valence-corrected chi connectivity index (χ2v) is 11.8. The molecule has 0 fully saturated rings. The van der Waals surface area contributed by atoms with Crippen molar-refractivity contribution in [3.63, 3.8) is 0 Å². The van der Waals surface area contributed by atoms with Crippen molar-refractivity contribution in [3.05, 3.63) is 95.0 Å². The molecule has 1 heterocycles. The van der Waals surface area contributed by atoms with Crippen LogP contribution in [0.15, 0.2) is 83.4 Å². The average molecular weight is 637 g/mol. The third kappa shape index (κ3) is 12.7. The van der Waals surface area contributed by atoms with E-state index in [1.807, 2.05) is 93.1 Å². The SMILES string of the molecule is CCOC(=O)NC(C)c1cccc(CC(=O)NC2SC(CCCC/C(N)=C/C=C(/NC(=O)Cc3ccccc3)[NH2+]C)=NN2C)c1. The van der Waals surface area contributed by atoms with Gasteiger partial charge in [0.05, 0.1) is 37.6 Å². The lowest BCUT2D eigenvalue weighted by atomic mass is 10.0. The summed E-state index contributed by atoms with van der Waals surface area (Å²) < 4.78 is 4.95. The monoisotopic (exact) mass is 636 g/mol. The zero-order valence-electron chi connectivity index (χ0n) is 26.5. The van der Waals surface area contributed by atoms with Gasteiger partial charge < -0.3 is 26.4 Å². The number of allylic oxidation sites excluding steroid dienone is 3. The minimum Gasteiger partial charge on any atom is -0.450 e. The van der Waals surface area contributed by atoms with Gasteiger partial charge in [0.1, 0.15) is 0 Å². The molecule has 0 aliphatic carbocycles. The zero-order chi connectivity index (χ0) is 32.6. The van der Waals surface area contributed by atoms with Gasteiger partial charge in [-0.25, -0.2) is 4.79 Å². The summed E-state index contributed by atoms with van der Waals surface area (Å²) >= 11 is 1.54. The molecule has 2 aromatic carbocycles. The van der Waals surface area contributed by atoms with Gasteiger partial charge in [-0.1, -0.05) is 66.4 Å². The molecule has 2 unspecified atom stereocenters. The number of thioether (sulfide) groups is 1. The van der Waals surface area contributed by atoms with Gasteiger partial charge in [0.2, 0.25) is 17.6 Å². The van der Waals surface area contributed by atoms with Gasteiger partial charge in [-0.3, -0.25) is 19.9 Å². The van der Waals surface area contributed by atoms with Crippen molar-refractivity contribution in [2.24, 2.45) is 10.8 Å². The first-order chi connectivity index (χ1) is 21.7. The smallest absolute Gasteiger partial charge is 0.407 e. The van der Waals surface area contributed by atoms with E-state index in [0.717, 1.165) is 53.1 Å². The summed E-state index contributed by atoms with van der Waals surface area (Å²) in [6.07, 6.45) is 7.05. The van der Waals surface area contributed by atoms with Gasteiger partial charge in [0.15, 0.2) is 5.50 Å². The summed E-state index contributed by atoms with van der Waals surface area (Å²) in [6.45, 7) is 3.94. The van der Waals surface area contributed by atoms with Crippen LogP contribution in [-0.4, -0.2) is 54.2 Å². The predicted octanol–water partition coefficient (Wildman–Crippen LogP) is 3.22. The van der Waals surface area contributed by atoms with E-state index < -0.39 is 6.09 Å². The molecule has 7 N–H and O–H groups in total. The second kappa shape index (κ2) is 18.5. The number of nitrogens with zero attached hydrogens (tertiary/aromatic N) is 2. The highest BCUT2D eigenvalue weighted by atomic mass is 32.2. The summed E-state index contributed by atoms with van der Waals surface area (Å²) in [6, 6.07) is 17.0. The third-order valence-electron chi connectivity index (χ3n) is 6.95. The van der Waals surface area contributed by atoms with Crippen LogP contribution in [0.4, 0.5) is 4.79 Å². The Balaban J connectivity index is 1.37. The van der Waals surface area contributed by atoms with Crippen molar-refractivity contribution in [2.75, 3.05) is 20.7 Å². The number of amides is 3. The van der Waals surface area contributed by atoms with E-state index in [4.69, 9.17) is 10.5 Å². The number of rotatable bonds is 16. The Morgan fingerprint density at radius 3 is 2.53 bits per heavy atom. The minimum atomic E-state index is -0.469. The third-order valence-corrected chi connectivity index (χ3v) is 8.16. The lowest BCUT2D eigenvalue weighted by Gasteiger charge is -2.19. The maximum absolute atomic E-state index is 12.8. The Kier molecular flexibility index (Phi) is 14.5.